The lowest BCUT2D eigenvalue weighted by Crippen LogP contribution is -2.44. The van der Waals surface area contributed by atoms with Crippen LogP contribution in [-0.4, -0.2) is 29.9 Å². The van der Waals surface area contributed by atoms with E-state index < -0.39 is 0 Å². The zero-order chi connectivity index (χ0) is 12.1. The van der Waals surface area contributed by atoms with Crippen LogP contribution in [0.3, 0.4) is 0 Å². The summed E-state index contributed by atoms with van der Waals surface area (Å²) in [5.41, 5.74) is 0.605. The van der Waals surface area contributed by atoms with Crippen LogP contribution in [0.1, 0.15) is 58.3 Å². The summed E-state index contributed by atoms with van der Waals surface area (Å²) in [5, 5.41) is 1.22. The molecule has 0 aromatic carbocycles. The minimum Gasteiger partial charge on any atom is -0.302 e. The number of likely N-dealkylation sites (tertiary alicyclic amines) is 1. The summed E-state index contributed by atoms with van der Waals surface area (Å²) in [4.78, 5) is 2.77. The highest BCUT2D eigenvalue weighted by molar-refractivity contribution is 9.09. The van der Waals surface area contributed by atoms with Crippen LogP contribution in [-0.2, 0) is 0 Å². The minimum absolute atomic E-state index is 0.605. The average molecular weight is 302 g/mol. The summed E-state index contributed by atoms with van der Waals surface area (Å²) in [6, 6.07) is 0. The molecule has 0 radical (unpaired) electrons. The molecule has 0 aromatic rings. The summed E-state index contributed by atoms with van der Waals surface area (Å²) < 4.78 is 0. The molecule has 0 amide bonds. The Morgan fingerprint density at radius 3 is 2.59 bits per heavy atom. The number of rotatable bonds is 4. The van der Waals surface area contributed by atoms with Gasteiger partial charge in [-0.1, -0.05) is 48.5 Å². The molecular formula is C15H28BrN. The highest BCUT2D eigenvalue weighted by Crippen LogP contribution is 2.39. The summed E-state index contributed by atoms with van der Waals surface area (Å²) >= 11 is 3.80. The zero-order valence-corrected chi connectivity index (χ0v) is 13.0. The predicted molar refractivity (Wildman–Crippen MR) is 78.8 cm³/mol. The van der Waals surface area contributed by atoms with Gasteiger partial charge in [-0.2, -0.15) is 0 Å². The van der Waals surface area contributed by atoms with E-state index in [0.29, 0.717) is 5.41 Å². The first-order valence-electron chi connectivity index (χ1n) is 7.56. The van der Waals surface area contributed by atoms with Crippen molar-refractivity contribution in [1.82, 2.24) is 4.90 Å². The first-order valence-corrected chi connectivity index (χ1v) is 8.68. The van der Waals surface area contributed by atoms with E-state index >= 15 is 0 Å². The van der Waals surface area contributed by atoms with Crippen LogP contribution in [0, 0.1) is 11.3 Å². The first kappa shape index (κ1) is 13.9. The van der Waals surface area contributed by atoms with Gasteiger partial charge < -0.3 is 4.90 Å². The lowest BCUT2D eigenvalue weighted by Gasteiger charge is -2.42. The SMILES string of the molecule is CCC1CCCN(CC2(CBr)CCCCC2)C1. The molecule has 1 heterocycles. The smallest absolute Gasteiger partial charge is 0.0100 e. The van der Waals surface area contributed by atoms with Crippen LogP contribution in [0.15, 0.2) is 0 Å². The van der Waals surface area contributed by atoms with Crippen molar-refractivity contribution in [2.45, 2.75) is 58.3 Å². The summed E-state index contributed by atoms with van der Waals surface area (Å²) in [6.45, 7) is 6.43. The number of piperidine rings is 1. The second-order valence-electron chi connectivity index (χ2n) is 6.35. The van der Waals surface area contributed by atoms with Gasteiger partial charge in [0.15, 0.2) is 0 Å². The zero-order valence-electron chi connectivity index (χ0n) is 11.4. The topological polar surface area (TPSA) is 3.24 Å². The highest BCUT2D eigenvalue weighted by Gasteiger charge is 2.34. The van der Waals surface area contributed by atoms with Gasteiger partial charge in [-0.05, 0) is 43.6 Å². The lowest BCUT2D eigenvalue weighted by molar-refractivity contribution is 0.0888. The second kappa shape index (κ2) is 6.56. The molecule has 2 fully saturated rings. The van der Waals surface area contributed by atoms with E-state index in [1.807, 2.05) is 0 Å². The number of alkyl halides is 1. The van der Waals surface area contributed by atoms with E-state index in [2.05, 4.69) is 27.8 Å². The van der Waals surface area contributed by atoms with Gasteiger partial charge >= 0.3 is 0 Å². The second-order valence-corrected chi connectivity index (χ2v) is 6.91. The van der Waals surface area contributed by atoms with E-state index in [-0.39, 0.29) is 0 Å². The summed E-state index contributed by atoms with van der Waals surface area (Å²) in [7, 11) is 0. The molecule has 1 aliphatic heterocycles. The number of hydrogen-bond donors (Lipinski definition) is 0. The van der Waals surface area contributed by atoms with Gasteiger partial charge in [0.2, 0.25) is 0 Å². The molecule has 0 aromatic heterocycles. The van der Waals surface area contributed by atoms with Gasteiger partial charge in [-0.25, -0.2) is 0 Å². The van der Waals surface area contributed by atoms with Crippen LogP contribution in [0.5, 0.6) is 0 Å². The van der Waals surface area contributed by atoms with Gasteiger partial charge in [0.05, 0.1) is 0 Å². The van der Waals surface area contributed by atoms with E-state index in [9.17, 15) is 0 Å². The van der Waals surface area contributed by atoms with Crippen molar-refractivity contribution in [3.05, 3.63) is 0 Å². The van der Waals surface area contributed by atoms with Crippen LogP contribution in [0.2, 0.25) is 0 Å². The third-order valence-electron chi connectivity index (χ3n) is 4.94. The molecule has 2 heteroatoms. The number of halogens is 1. The molecule has 1 saturated carbocycles. The maximum Gasteiger partial charge on any atom is 0.0100 e. The fraction of sp³-hybridized carbons (Fsp3) is 1.00. The Balaban J connectivity index is 1.88. The van der Waals surface area contributed by atoms with Crippen LogP contribution in [0.4, 0.5) is 0 Å². The van der Waals surface area contributed by atoms with Crippen molar-refractivity contribution in [2.24, 2.45) is 11.3 Å². The predicted octanol–water partition coefficient (Wildman–Crippen LogP) is 4.45. The first-order chi connectivity index (χ1) is 8.28. The van der Waals surface area contributed by atoms with Crippen LogP contribution >= 0.6 is 15.9 Å². The molecule has 0 bridgehead atoms. The molecular weight excluding hydrogens is 274 g/mol. The third-order valence-corrected chi connectivity index (χ3v) is 6.13. The fourth-order valence-electron chi connectivity index (χ4n) is 3.74. The Bertz CT molecular complexity index is 223. The fourth-order valence-corrected chi connectivity index (χ4v) is 4.48. The van der Waals surface area contributed by atoms with E-state index in [0.717, 1.165) is 5.92 Å². The third kappa shape index (κ3) is 3.70. The van der Waals surface area contributed by atoms with Gasteiger partial charge in [0.25, 0.3) is 0 Å². The van der Waals surface area contributed by atoms with Crippen molar-refractivity contribution in [1.29, 1.82) is 0 Å². The van der Waals surface area contributed by atoms with Gasteiger partial charge in [-0.15, -0.1) is 0 Å². The van der Waals surface area contributed by atoms with Crippen LogP contribution in [0.25, 0.3) is 0 Å². The van der Waals surface area contributed by atoms with E-state index in [1.54, 1.807) is 0 Å². The average Bonchev–Trinajstić information content (AvgIpc) is 2.40. The standard InChI is InChI=1S/C15H28BrN/c1-2-14-7-6-10-17(11-14)13-15(12-16)8-4-3-5-9-15/h14H,2-13H2,1H3. The van der Waals surface area contributed by atoms with Crippen molar-refractivity contribution in [2.75, 3.05) is 25.0 Å². The largest absolute Gasteiger partial charge is 0.302 e. The highest BCUT2D eigenvalue weighted by atomic mass is 79.9. The molecule has 1 nitrogen and oxygen atoms in total. The number of hydrogen-bond acceptors (Lipinski definition) is 1. The Hall–Kier alpha value is 0.440. The Kier molecular flexibility index (Phi) is 5.35. The molecule has 1 unspecified atom stereocenters. The Morgan fingerprint density at radius 2 is 1.94 bits per heavy atom. The van der Waals surface area contributed by atoms with Crippen molar-refractivity contribution < 1.29 is 0 Å². The normalized spacial score (nSPS) is 30.4. The molecule has 1 atom stereocenters. The van der Waals surface area contributed by atoms with Crippen molar-refractivity contribution in [3.8, 4) is 0 Å². The molecule has 0 spiro atoms. The van der Waals surface area contributed by atoms with Crippen molar-refractivity contribution >= 4 is 15.9 Å². The summed E-state index contributed by atoms with van der Waals surface area (Å²) in [6.07, 6.45) is 11.5. The maximum absolute atomic E-state index is 3.80. The Morgan fingerprint density at radius 1 is 1.18 bits per heavy atom. The van der Waals surface area contributed by atoms with Crippen molar-refractivity contribution in [3.63, 3.8) is 0 Å². The molecule has 0 N–H and O–H groups in total. The molecule has 1 aliphatic carbocycles. The maximum atomic E-state index is 3.80. The molecule has 2 aliphatic rings. The quantitative estimate of drug-likeness (QED) is 0.693. The van der Waals surface area contributed by atoms with E-state index in [4.69, 9.17) is 0 Å². The summed E-state index contributed by atoms with van der Waals surface area (Å²) in [5.74, 6) is 0.972. The molecule has 17 heavy (non-hydrogen) atoms. The van der Waals surface area contributed by atoms with Crippen LogP contribution < -0.4 is 0 Å². The molecule has 2 rings (SSSR count). The lowest BCUT2D eigenvalue weighted by atomic mass is 9.75. The van der Waals surface area contributed by atoms with Gasteiger partial charge in [0.1, 0.15) is 0 Å². The van der Waals surface area contributed by atoms with Gasteiger partial charge in [0, 0.05) is 18.4 Å². The molecule has 100 valence electrons. The Labute approximate surface area is 115 Å². The monoisotopic (exact) mass is 301 g/mol. The van der Waals surface area contributed by atoms with E-state index in [1.165, 1.54) is 76.3 Å². The molecule has 1 saturated heterocycles. The van der Waals surface area contributed by atoms with Gasteiger partial charge in [-0.3, -0.25) is 0 Å². The minimum atomic E-state index is 0.605. The number of nitrogens with zero attached hydrogens (tertiary/aromatic N) is 1.